The van der Waals surface area contributed by atoms with Gasteiger partial charge in [0.05, 0.1) is 5.92 Å². The van der Waals surface area contributed by atoms with E-state index in [9.17, 15) is 9.90 Å². The van der Waals surface area contributed by atoms with Crippen molar-refractivity contribution in [3.63, 3.8) is 0 Å². The topological polar surface area (TPSA) is 125 Å². The third-order valence-electron chi connectivity index (χ3n) is 3.43. The maximum Gasteiger partial charge on any atom is 0.307 e. The Morgan fingerprint density at radius 3 is 2.86 bits per heavy atom. The fraction of sp³-hybridized carbons (Fsp3) is 0.462. The lowest BCUT2D eigenvalue weighted by molar-refractivity contribution is -0.143. The van der Waals surface area contributed by atoms with E-state index in [1.165, 1.54) is 0 Å². The summed E-state index contributed by atoms with van der Waals surface area (Å²) in [6.07, 6.45) is 1.81. The lowest BCUT2D eigenvalue weighted by Crippen LogP contribution is -2.42. The molecule has 0 bridgehead atoms. The second-order valence-corrected chi connectivity index (χ2v) is 4.96. The van der Waals surface area contributed by atoms with E-state index in [2.05, 4.69) is 26.6 Å². The molecule has 2 atom stereocenters. The van der Waals surface area contributed by atoms with E-state index in [1.54, 1.807) is 6.07 Å². The van der Waals surface area contributed by atoms with Crippen LogP contribution in [0.5, 0.6) is 0 Å². The van der Waals surface area contributed by atoms with Crippen LogP contribution in [0.4, 0.5) is 5.82 Å². The molecule has 0 radical (unpaired) electrons. The van der Waals surface area contributed by atoms with E-state index >= 15 is 0 Å². The Balaban J connectivity index is 2.24. The van der Waals surface area contributed by atoms with Crippen LogP contribution in [0.15, 0.2) is 23.3 Å². The van der Waals surface area contributed by atoms with Crippen molar-refractivity contribution in [1.29, 1.82) is 0 Å². The van der Waals surface area contributed by atoms with Crippen molar-refractivity contribution in [1.82, 2.24) is 21.5 Å². The van der Waals surface area contributed by atoms with Gasteiger partial charge in [-0.1, -0.05) is 19.4 Å². The van der Waals surface area contributed by atoms with Crippen molar-refractivity contribution in [2.75, 3.05) is 5.73 Å². The molecule has 1 aromatic heterocycles. The van der Waals surface area contributed by atoms with Crippen LogP contribution in [0, 0.1) is 11.8 Å². The number of carboxylic acids is 1. The van der Waals surface area contributed by atoms with Crippen LogP contribution in [0.25, 0.3) is 0 Å². The van der Waals surface area contributed by atoms with E-state index in [-0.39, 0.29) is 5.92 Å². The maximum atomic E-state index is 11.6. The highest BCUT2D eigenvalue weighted by atomic mass is 16.4. The Kier molecular flexibility index (Phi) is 4.94. The highest BCUT2D eigenvalue weighted by Gasteiger charge is 2.33. The van der Waals surface area contributed by atoms with Crippen molar-refractivity contribution in [3.05, 3.63) is 23.9 Å². The predicted octanol–water partition coefficient (Wildman–Crippen LogP) is 0.249. The van der Waals surface area contributed by atoms with Crippen molar-refractivity contribution in [2.24, 2.45) is 16.9 Å². The van der Waals surface area contributed by atoms with Crippen LogP contribution in [0.2, 0.25) is 0 Å². The van der Waals surface area contributed by atoms with Gasteiger partial charge in [0.1, 0.15) is 11.7 Å². The number of hydrogen-bond donors (Lipinski definition) is 5. The van der Waals surface area contributed by atoms with Crippen molar-refractivity contribution in [2.45, 2.75) is 26.2 Å². The highest BCUT2D eigenvalue weighted by Crippen LogP contribution is 2.24. The van der Waals surface area contributed by atoms with Crippen molar-refractivity contribution in [3.8, 4) is 0 Å². The van der Waals surface area contributed by atoms with Crippen LogP contribution in [-0.2, 0) is 11.2 Å². The molecule has 2 rings (SSSR count). The van der Waals surface area contributed by atoms with Gasteiger partial charge in [-0.05, 0) is 18.6 Å². The molecule has 0 saturated heterocycles. The fourth-order valence-corrected chi connectivity index (χ4v) is 2.46. The first-order chi connectivity index (χ1) is 10.1. The molecule has 6 N–H and O–H groups in total. The van der Waals surface area contributed by atoms with E-state index in [4.69, 9.17) is 5.73 Å². The van der Waals surface area contributed by atoms with Crippen LogP contribution in [0.3, 0.4) is 0 Å². The molecule has 8 heteroatoms. The molecule has 0 spiro atoms. The summed E-state index contributed by atoms with van der Waals surface area (Å²) in [5, 5.41) is 13.6. The zero-order valence-electron chi connectivity index (χ0n) is 11.8. The molecular formula is C13H20N6O2. The lowest BCUT2D eigenvalue weighted by atomic mass is 9.84. The SMILES string of the molecule is CCCC(C(=O)O)C(Cc1cccc(N)n1)C1=NNNN1. The predicted molar refractivity (Wildman–Crippen MR) is 78.7 cm³/mol. The van der Waals surface area contributed by atoms with Gasteiger partial charge in [-0.25, -0.2) is 10.5 Å². The second-order valence-electron chi connectivity index (χ2n) is 4.96. The molecule has 1 aromatic rings. The number of nitrogens with zero attached hydrogens (tertiary/aromatic N) is 2. The fourth-order valence-electron chi connectivity index (χ4n) is 2.46. The maximum absolute atomic E-state index is 11.6. The number of nitrogen functional groups attached to an aromatic ring is 1. The monoisotopic (exact) mass is 292 g/mol. The molecule has 0 saturated carbocycles. The van der Waals surface area contributed by atoms with Gasteiger partial charge in [0.15, 0.2) is 0 Å². The summed E-state index contributed by atoms with van der Waals surface area (Å²) in [6, 6.07) is 5.35. The number of anilines is 1. The third kappa shape index (κ3) is 3.82. The first-order valence-electron chi connectivity index (χ1n) is 6.89. The molecule has 8 nitrogen and oxygen atoms in total. The summed E-state index contributed by atoms with van der Waals surface area (Å²) in [5.74, 6) is -0.682. The number of rotatable bonds is 7. The van der Waals surface area contributed by atoms with Crippen molar-refractivity contribution >= 4 is 17.6 Å². The normalized spacial score (nSPS) is 16.5. The van der Waals surface area contributed by atoms with Gasteiger partial charge in [0.25, 0.3) is 0 Å². The Morgan fingerprint density at radius 2 is 2.29 bits per heavy atom. The van der Waals surface area contributed by atoms with Gasteiger partial charge in [-0.15, -0.1) is 10.6 Å². The number of carbonyl (C=O) groups is 1. The van der Waals surface area contributed by atoms with Crippen molar-refractivity contribution < 1.29 is 9.90 Å². The number of pyridine rings is 1. The minimum atomic E-state index is -0.831. The van der Waals surface area contributed by atoms with E-state index in [0.717, 1.165) is 12.1 Å². The second kappa shape index (κ2) is 6.89. The Labute approximate surface area is 122 Å². The number of aromatic nitrogens is 1. The molecule has 0 aliphatic carbocycles. The van der Waals surface area contributed by atoms with Crippen LogP contribution in [-0.4, -0.2) is 21.9 Å². The number of carboxylic acid groups (broad SMARTS) is 1. The number of amidine groups is 1. The molecule has 114 valence electrons. The molecule has 0 fully saturated rings. The Morgan fingerprint density at radius 1 is 1.48 bits per heavy atom. The van der Waals surface area contributed by atoms with E-state index in [1.807, 2.05) is 19.1 Å². The number of nitrogens with one attached hydrogen (secondary N) is 3. The summed E-state index contributed by atoms with van der Waals surface area (Å²) in [4.78, 5) is 15.8. The first kappa shape index (κ1) is 15.0. The quantitative estimate of drug-likeness (QED) is 0.488. The number of hydrogen-bond acceptors (Lipinski definition) is 7. The van der Waals surface area contributed by atoms with Gasteiger partial charge in [-0.3, -0.25) is 10.2 Å². The van der Waals surface area contributed by atoms with Gasteiger partial charge in [-0.2, -0.15) is 0 Å². The molecule has 2 unspecified atom stereocenters. The molecular weight excluding hydrogens is 272 g/mol. The zero-order chi connectivity index (χ0) is 15.2. The first-order valence-corrected chi connectivity index (χ1v) is 6.89. The van der Waals surface area contributed by atoms with E-state index in [0.29, 0.717) is 24.5 Å². The number of hydrazine groups is 2. The summed E-state index contributed by atoms with van der Waals surface area (Å²) in [6.45, 7) is 1.96. The summed E-state index contributed by atoms with van der Waals surface area (Å²) < 4.78 is 0. The number of nitrogens with two attached hydrogens (primary N) is 1. The van der Waals surface area contributed by atoms with Gasteiger partial charge in [0.2, 0.25) is 0 Å². The van der Waals surface area contributed by atoms with Crippen LogP contribution < -0.4 is 22.2 Å². The minimum Gasteiger partial charge on any atom is -0.481 e. The summed E-state index contributed by atoms with van der Waals surface area (Å²) >= 11 is 0. The van der Waals surface area contributed by atoms with E-state index < -0.39 is 11.9 Å². The van der Waals surface area contributed by atoms with Crippen LogP contribution in [0.1, 0.15) is 25.5 Å². The van der Waals surface area contributed by atoms with Gasteiger partial charge >= 0.3 is 5.97 Å². The smallest absolute Gasteiger partial charge is 0.307 e. The third-order valence-corrected chi connectivity index (χ3v) is 3.43. The molecule has 2 heterocycles. The van der Waals surface area contributed by atoms with Gasteiger partial charge < -0.3 is 10.8 Å². The number of hydrazone groups is 1. The zero-order valence-corrected chi connectivity index (χ0v) is 11.8. The summed E-state index contributed by atoms with van der Waals surface area (Å²) in [5.41, 5.74) is 14.5. The number of aliphatic carboxylic acids is 1. The minimum absolute atomic E-state index is 0.306. The van der Waals surface area contributed by atoms with Crippen LogP contribution >= 0.6 is 0 Å². The average molecular weight is 292 g/mol. The highest BCUT2D eigenvalue weighted by molar-refractivity contribution is 5.89. The summed E-state index contributed by atoms with van der Waals surface area (Å²) in [7, 11) is 0. The lowest BCUT2D eigenvalue weighted by Gasteiger charge is -2.23. The molecule has 0 aromatic carbocycles. The van der Waals surface area contributed by atoms with Gasteiger partial charge in [0, 0.05) is 18.0 Å². The molecule has 21 heavy (non-hydrogen) atoms. The largest absolute Gasteiger partial charge is 0.481 e. The average Bonchev–Trinajstić information content (AvgIpc) is 2.96. The molecule has 1 aliphatic heterocycles. The molecule has 1 aliphatic rings. The standard InChI is InChI=1S/C13H20N6O2/c1-2-4-9(13(20)21)10(12-16-18-19-17-12)7-8-5-3-6-11(14)15-8/h3,5-6,9-10,18-19H,2,4,7H2,1H3,(H2,14,15)(H,16,17)(H,20,21). The molecule has 0 amide bonds. The Bertz CT molecular complexity index is 533. The Hall–Kier alpha value is -2.35.